The Bertz CT molecular complexity index is 421. The number of aliphatic hydroxyl groups excluding tert-OH is 1. The van der Waals surface area contributed by atoms with Crippen LogP contribution in [0.15, 0.2) is 18.2 Å². The topological polar surface area (TPSA) is 75.3 Å². The molecule has 0 aromatic heterocycles. The second-order valence-electron chi connectivity index (χ2n) is 4.70. The lowest BCUT2D eigenvalue weighted by Gasteiger charge is -2.14. The summed E-state index contributed by atoms with van der Waals surface area (Å²) in [6.45, 7) is 4.24. The van der Waals surface area contributed by atoms with Crippen molar-refractivity contribution in [2.24, 2.45) is 5.92 Å². The molecule has 0 saturated heterocycles. The highest BCUT2D eigenvalue weighted by Gasteiger charge is 2.14. The summed E-state index contributed by atoms with van der Waals surface area (Å²) in [5, 5.41) is 12.6. The highest BCUT2D eigenvalue weighted by atomic mass is 35.5. The molecule has 5 heteroatoms. The SMILES string of the molecule is CC(C)CC(O)CNC(=O)c1cccc(N)c1Cl. The third-order valence-corrected chi connectivity index (χ3v) is 2.94. The smallest absolute Gasteiger partial charge is 0.252 e. The van der Waals surface area contributed by atoms with Crippen LogP contribution < -0.4 is 11.1 Å². The Hall–Kier alpha value is -1.26. The van der Waals surface area contributed by atoms with Crippen LogP contribution in [0.1, 0.15) is 30.6 Å². The molecule has 0 spiro atoms. The lowest BCUT2D eigenvalue weighted by atomic mass is 10.1. The van der Waals surface area contributed by atoms with Crippen LogP contribution in [-0.2, 0) is 0 Å². The van der Waals surface area contributed by atoms with Crippen molar-refractivity contribution < 1.29 is 9.90 Å². The minimum absolute atomic E-state index is 0.210. The van der Waals surface area contributed by atoms with E-state index in [1.165, 1.54) is 0 Å². The molecule has 1 amide bonds. The van der Waals surface area contributed by atoms with Crippen molar-refractivity contribution in [3.63, 3.8) is 0 Å². The van der Waals surface area contributed by atoms with E-state index in [9.17, 15) is 9.90 Å². The van der Waals surface area contributed by atoms with Gasteiger partial charge in [0.25, 0.3) is 5.91 Å². The van der Waals surface area contributed by atoms with Gasteiger partial charge in [-0.05, 0) is 24.5 Å². The normalized spacial score (nSPS) is 12.5. The first kappa shape index (κ1) is 14.8. The quantitative estimate of drug-likeness (QED) is 0.717. The maximum absolute atomic E-state index is 11.8. The van der Waals surface area contributed by atoms with E-state index in [1.54, 1.807) is 18.2 Å². The van der Waals surface area contributed by atoms with Crippen molar-refractivity contribution in [3.8, 4) is 0 Å². The zero-order valence-electron chi connectivity index (χ0n) is 10.6. The molecule has 1 aromatic carbocycles. The van der Waals surface area contributed by atoms with Crippen LogP contribution in [0.3, 0.4) is 0 Å². The third kappa shape index (κ3) is 4.20. The standard InChI is InChI=1S/C13H19ClN2O2/c1-8(2)6-9(17)7-16-13(18)10-4-3-5-11(15)12(10)14/h3-5,8-9,17H,6-7,15H2,1-2H3,(H,16,18). The molecule has 0 heterocycles. The van der Waals surface area contributed by atoms with Gasteiger partial charge in [0.1, 0.15) is 0 Å². The molecule has 0 fully saturated rings. The number of amides is 1. The molecule has 0 aliphatic heterocycles. The van der Waals surface area contributed by atoms with E-state index >= 15 is 0 Å². The molecular formula is C13H19ClN2O2. The highest BCUT2D eigenvalue weighted by Crippen LogP contribution is 2.22. The Balaban J connectivity index is 2.58. The average molecular weight is 271 g/mol. The van der Waals surface area contributed by atoms with Gasteiger partial charge < -0.3 is 16.2 Å². The Kier molecular flexibility index (Phi) is 5.44. The van der Waals surface area contributed by atoms with Crippen molar-refractivity contribution in [1.82, 2.24) is 5.32 Å². The number of carbonyl (C=O) groups excluding carboxylic acids is 1. The lowest BCUT2D eigenvalue weighted by Crippen LogP contribution is -2.33. The average Bonchev–Trinajstić information content (AvgIpc) is 2.29. The third-order valence-electron chi connectivity index (χ3n) is 2.51. The van der Waals surface area contributed by atoms with Gasteiger partial charge in [0.15, 0.2) is 0 Å². The zero-order valence-corrected chi connectivity index (χ0v) is 11.4. The van der Waals surface area contributed by atoms with Crippen molar-refractivity contribution >= 4 is 23.2 Å². The highest BCUT2D eigenvalue weighted by molar-refractivity contribution is 6.36. The van der Waals surface area contributed by atoms with Crippen LogP contribution in [0.5, 0.6) is 0 Å². The van der Waals surface area contributed by atoms with Gasteiger partial charge in [0, 0.05) is 6.54 Å². The van der Waals surface area contributed by atoms with Gasteiger partial charge in [-0.3, -0.25) is 4.79 Å². The molecular weight excluding hydrogens is 252 g/mol. The van der Waals surface area contributed by atoms with Crippen molar-refractivity contribution in [3.05, 3.63) is 28.8 Å². The number of rotatable bonds is 5. The van der Waals surface area contributed by atoms with Gasteiger partial charge in [-0.1, -0.05) is 31.5 Å². The summed E-state index contributed by atoms with van der Waals surface area (Å²) in [6.07, 6.45) is 0.0964. The van der Waals surface area contributed by atoms with Crippen LogP contribution in [0, 0.1) is 5.92 Å². The van der Waals surface area contributed by atoms with Crippen LogP contribution in [0.25, 0.3) is 0 Å². The Morgan fingerprint density at radius 2 is 2.17 bits per heavy atom. The number of carbonyl (C=O) groups is 1. The maximum Gasteiger partial charge on any atom is 0.252 e. The number of halogens is 1. The molecule has 4 nitrogen and oxygen atoms in total. The second-order valence-corrected chi connectivity index (χ2v) is 5.08. The fourth-order valence-corrected chi connectivity index (χ4v) is 1.87. The van der Waals surface area contributed by atoms with Gasteiger partial charge in [0.2, 0.25) is 0 Å². The van der Waals surface area contributed by atoms with Crippen LogP contribution in [0.4, 0.5) is 5.69 Å². The zero-order chi connectivity index (χ0) is 13.7. The van der Waals surface area contributed by atoms with E-state index in [-0.39, 0.29) is 17.5 Å². The number of anilines is 1. The molecule has 1 atom stereocenters. The first-order chi connectivity index (χ1) is 8.41. The lowest BCUT2D eigenvalue weighted by molar-refractivity contribution is 0.0900. The van der Waals surface area contributed by atoms with Gasteiger partial charge in [0.05, 0.1) is 22.4 Å². The van der Waals surface area contributed by atoms with Gasteiger partial charge in [-0.25, -0.2) is 0 Å². The number of nitrogens with one attached hydrogen (secondary N) is 1. The fourth-order valence-electron chi connectivity index (χ4n) is 1.66. The number of hydrogen-bond donors (Lipinski definition) is 3. The summed E-state index contributed by atoms with van der Waals surface area (Å²) in [5.74, 6) is 0.0583. The Morgan fingerprint density at radius 1 is 1.50 bits per heavy atom. The van der Waals surface area contributed by atoms with E-state index in [0.717, 1.165) is 0 Å². The molecule has 0 radical (unpaired) electrons. The van der Waals surface area contributed by atoms with E-state index in [0.29, 0.717) is 23.6 Å². The maximum atomic E-state index is 11.8. The van der Waals surface area contributed by atoms with E-state index in [2.05, 4.69) is 5.32 Å². The summed E-state index contributed by atoms with van der Waals surface area (Å²) in [4.78, 5) is 11.8. The molecule has 1 rings (SSSR count). The molecule has 1 aromatic rings. The van der Waals surface area contributed by atoms with Crippen LogP contribution >= 0.6 is 11.6 Å². The summed E-state index contributed by atoms with van der Waals surface area (Å²) in [5.41, 5.74) is 6.31. The van der Waals surface area contributed by atoms with E-state index in [4.69, 9.17) is 17.3 Å². The van der Waals surface area contributed by atoms with E-state index in [1.807, 2.05) is 13.8 Å². The van der Waals surface area contributed by atoms with Crippen LogP contribution in [0.2, 0.25) is 5.02 Å². The Labute approximate surface area is 112 Å². The fraction of sp³-hybridized carbons (Fsp3) is 0.462. The first-order valence-corrected chi connectivity index (χ1v) is 6.29. The van der Waals surface area contributed by atoms with Crippen LogP contribution in [-0.4, -0.2) is 23.7 Å². The number of nitrogen functional groups attached to an aromatic ring is 1. The largest absolute Gasteiger partial charge is 0.398 e. The number of aliphatic hydroxyl groups is 1. The molecule has 18 heavy (non-hydrogen) atoms. The van der Waals surface area contributed by atoms with E-state index < -0.39 is 6.10 Å². The van der Waals surface area contributed by atoms with Gasteiger partial charge in [-0.15, -0.1) is 0 Å². The minimum Gasteiger partial charge on any atom is -0.398 e. The second kappa shape index (κ2) is 6.61. The molecule has 4 N–H and O–H groups in total. The van der Waals surface area contributed by atoms with Crippen molar-refractivity contribution in [2.75, 3.05) is 12.3 Å². The molecule has 0 aliphatic carbocycles. The molecule has 0 aliphatic rings. The molecule has 0 saturated carbocycles. The summed E-state index contributed by atoms with van der Waals surface area (Å²) in [6, 6.07) is 4.90. The first-order valence-electron chi connectivity index (χ1n) is 5.92. The number of hydrogen-bond acceptors (Lipinski definition) is 3. The number of benzene rings is 1. The summed E-state index contributed by atoms with van der Waals surface area (Å²) in [7, 11) is 0. The van der Waals surface area contributed by atoms with Crippen molar-refractivity contribution in [2.45, 2.75) is 26.4 Å². The minimum atomic E-state index is -0.547. The summed E-state index contributed by atoms with van der Waals surface area (Å²) >= 11 is 5.94. The van der Waals surface area contributed by atoms with Gasteiger partial charge in [-0.2, -0.15) is 0 Å². The predicted molar refractivity (Wildman–Crippen MR) is 73.7 cm³/mol. The predicted octanol–water partition coefficient (Wildman–Crippen LogP) is 2.06. The Morgan fingerprint density at radius 3 is 2.78 bits per heavy atom. The van der Waals surface area contributed by atoms with Crippen molar-refractivity contribution in [1.29, 1.82) is 0 Å². The molecule has 1 unspecified atom stereocenters. The van der Waals surface area contributed by atoms with Gasteiger partial charge >= 0.3 is 0 Å². The molecule has 100 valence electrons. The number of nitrogens with two attached hydrogens (primary N) is 1. The monoisotopic (exact) mass is 270 g/mol. The molecule has 0 bridgehead atoms. The summed E-state index contributed by atoms with van der Waals surface area (Å²) < 4.78 is 0.